The summed E-state index contributed by atoms with van der Waals surface area (Å²) in [7, 11) is 0. The molecule has 0 radical (unpaired) electrons. The van der Waals surface area contributed by atoms with E-state index in [2.05, 4.69) is 5.32 Å². The lowest BCUT2D eigenvalue weighted by Crippen LogP contribution is -2.39. The van der Waals surface area contributed by atoms with Crippen LogP contribution < -0.4 is 11.1 Å². The molecule has 1 unspecified atom stereocenters. The summed E-state index contributed by atoms with van der Waals surface area (Å²) in [6.45, 7) is 2.74. The number of nitrogens with zero attached hydrogens (tertiary/aromatic N) is 1. The van der Waals surface area contributed by atoms with Crippen LogP contribution >= 0.6 is 0 Å². The van der Waals surface area contributed by atoms with Gasteiger partial charge in [0.1, 0.15) is 0 Å². The van der Waals surface area contributed by atoms with Gasteiger partial charge in [0.25, 0.3) is 5.91 Å². The Labute approximate surface area is 112 Å². The van der Waals surface area contributed by atoms with Gasteiger partial charge < -0.3 is 16.0 Å². The highest BCUT2D eigenvalue weighted by atomic mass is 16.2. The maximum Gasteiger partial charge on any atom is 0.254 e. The molecular weight excluding hydrogens is 242 g/mol. The molecule has 1 aliphatic heterocycles. The first-order chi connectivity index (χ1) is 9.11. The average molecular weight is 261 g/mol. The van der Waals surface area contributed by atoms with Crippen molar-refractivity contribution in [1.82, 2.24) is 4.90 Å². The molecule has 0 spiro atoms. The second-order valence-electron chi connectivity index (χ2n) is 4.79. The van der Waals surface area contributed by atoms with E-state index in [-0.39, 0.29) is 17.9 Å². The monoisotopic (exact) mass is 261 g/mol. The molecule has 1 aromatic rings. The fourth-order valence-corrected chi connectivity index (χ4v) is 2.41. The van der Waals surface area contributed by atoms with E-state index in [1.54, 1.807) is 24.3 Å². The third-order valence-corrected chi connectivity index (χ3v) is 3.36. The average Bonchev–Trinajstić information content (AvgIpc) is 2.86. The number of benzene rings is 1. The van der Waals surface area contributed by atoms with Gasteiger partial charge in [-0.3, -0.25) is 9.59 Å². The first-order valence-corrected chi connectivity index (χ1v) is 6.50. The molecule has 0 aromatic heterocycles. The number of carbonyl (C=O) groups excluding carboxylic acids is 2. The van der Waals surface area contributed by atoms with Gasteiger partial charge in [-0.2, -0.15) is 0 Å². The first-order valence-electron chi connectivity index (χ1n) is 6.50. The molecule has 0 saturated carbocycles. The molecule has 0 aliphatic carbocycles. The summed E-state index contributed by atoms with van der Waals surface area (Å²) in [5, 5.41) is 2.68. The molecule has 1 atom stereocenters. The minimum absolute atomic E-state index is 0.0160. The van der Waals surface area contributed by atoms with Crippen molar-refractivity contribution in [3.05, 3.63) is 29.8 Å². The van der Waals surface area contributed by atoms with Crippen molar-refractivity contribution in [2.45, 2.75) is 25.8 Å². The van der Waals surface area contributed by atoms with E-state index in [9.17, 15) is 9.59 Å². The van der Waals surface area contributed by atoms with Crippen LogP contribution in [0.25, 0.3) is 0 Å². The zero-order valence-electron chi connectivity index (χ0n) is 11.1. The summed E-state index contributed by atoms with van der Waals surface area (Å²) in [4.78, 5) is 25.1. The summed E-state index contributed by atoms with van der Waals surface area (Å²) in [6.07, 6.45) is 1.99. The Kier molecular flexibility index (Phi) is 4.16. The Morgan fingerprint density at radius 1 is 1.37 bits per heavy atom. The highest BCUT2D eigenvalue weighted by Crippen LogP contribution is 2.20. The largest absolute Gasteiger partial charge is 0.334 e. The van der Waals surface area contributed by atoms with Gasteiger partial charge in [-0.15, -0.1) is 0 Å². The zero-order chi connectivity index (χ0) is 13.8. The maximum absolute atomic E-state index is 12.3. The Bertz CT molecular complexity index is 470. The highest BCUT2D eigenvalue weighted by molar-refractivity contribution is 5.95. The molecule has 0 bridgehead atoms. The van der Waals surface area contributed by atoms with E-state index in [0.29, 0.717) is 17.8 Å². The van der Waals surface area contributed by atoms with Gasteiger partial charge in [-0.25, -0.2) is 0 Å². The van der Waals surface area contributed by atoms with Crippen LogP contribution in [-0.2, 0) is 4.79 Å². The van der Waals surface area contributed by atoms with Crippen molar-refractivity contribution in [1.29, 1.82) is 0 Å². The number of hydrogen-bond donors (Lipinski definition) is 2. The number of carbonyl (C=O) groups is 2. The first kappa shape index (κ1) is 13.5. The fourth-order valence-electron chi connectivity index (χ4n) is 2.41. The van der Waals surface area contributed by atoms with Crippen molar-refractivity contribution in [3.63, 3.8) is 0 Å². The molecule has 3 N–H and O–H groups in total. The predicted octanol–water partition coefficient (Wildman–Crippen LogP) is 1.21. The normalized spacial score (nSPS) is 18.4. The van der Waals surface area contributed by atoms with Crippen LogP contribution in [0.3, 0.4) is 0 Å². The quantitative estimate of drug-likeness (QED) is 0.858. The van der Waals surface area contributed by atoms with E-state index in [1.807, 2.05) is 4.90 Å². The molecule has 1 saturated heterocycles. The second-order valence-corrected chi connectivity index (χ2v) is 4.79. The standard InChI is InChI=1S/C14H19N3O2/c1-10(18)16-12-6-4-11(5-7-12)14(19)17-8-2-3-13(17)9-15/h4-7,13H,2-3,8-9,15H2,1H3,(H,16,18). The fraction of sp³-hybridized carbons (Fsp3) is 0.429. The van der Waals surface area contributed by atoms with E-state index in [0.717, 1.165) is 19.4 Å². The van der Waals surface area contributed by atoms with E-state index >= 15 is 0 Å². The van der Waals surface area contributed by atoms with Gasteiger partial charge in [0.05, 0.1) is 0 Å². The third-order valence-electron chi connectivity index (χ3n) is 3.36. The number of anilines is 1. The molecule has 1 fully saturated rings. The van der Waals surface area contributed by atoms with Crippen molar-refractivity contribution >= 4 is 17.5 Å². The molecule has 2 rings (SSSR count). The van der Waals surface area contributed by atoms with Gasteiger partial charge in [0, 0.05) is 37.3 Å². The Balaban J connectivity index is 2.09. The summed E-state index contributed by atoms with van der Waals surface area (Å²) < 4.78 is 0. The van der Waals surface area contributed by atoms with Crippen LogP contribution in [0.15, 0.2) is 24.3 Å². The lowest BCUT2D eigenvalue weighted by Gasteiger charge is -2.23. The number of likely N-dealkylation sites (tertiary alicyclic amines) is 1. The minimum Gasteiger partial charge on any atom is -0.334 e. The third kappa shape index (κ3) is 3.12. The number of hydrogen-bond acceptors (Lipinski definition) is 3. The Morgan fingerprint density at radius 2 is 2.05 bits per heavy atom. The number of amides is 2. The van der Waals surface area contributed by atoms with Crippen LogP contribution in [0.5, 0.6) is 0 Å². The summed E-state index contributed by atoms with van der Waals surface area (Å²) in [5.74, 6) is -0.107. The highest BCUT2D eigenvalue weighted by Gasteiger charge is 2.28. The van der Waals surface area contributed by atoms with Gasteiger partial charge in [-0.1, -0.05) is 0 Å². The maximum atomic E-state index is 12.3. The van der Waals surface area contributed by atoms with E-state index < -0.39 is 0 Å². The topological polar surface area (TPSA) is 75.4 Å². The van der Waals surface area contributed by atoms with Crippen LogP contribution in [0, 0.1) is 0 Å². The molecule has 5 heteroatoms. The van der Waals surface area contributed by atoms with E-state index in [4.69, 9.17) is 5.73 Å². The summed E-state index contributed by atoms with van der Waals surface area (Å²) in [6, 6.07) is 7.10. The number of rotatable bonds is 3. The molecule has 1 aromatic carbocycles. The van der Waals surface area contributed by atoms with Gasteiger partial charge in [-0.05, 0) is 37.1 Å². The van der Waals surface area contributed by atoms with Crippen LogP contribution in [-0.4, -0.2) is 35.8 Å². The molecule has 19 heavy (non-hydrogen) atoms. The minimum atomic E-state index is -0.123. The molecule has 1 heterocycles. The Morgan fingerprint density at radius 3 is 2.63 bits per heavy atom. The molecule has 102 valence electrons. The van der Waals surface area contributed by atoms with Crippen LogP contribution in [0.4, 0.5) is 5.69 Å². The molecule has 1 aliphatic rings. The van der Waals surface area contributed by atoms with Gasteiger partial charge >= 0.3 is 0 Å². The van der Waals surface area contributed by atoms with Crippen molar-refractivity contribution in [2.75, 3.05) is 18.4 Å². The lowest BCUT2D eigenvalue weighted by molar-refractivity contribution is -0.114. The number of nitrogens with one attached hydrogen (secondary N) is 1. The van der Waals surface area contributed by atoms with Crippen LogP contribution in [0.1, 0.15) is 30.1 Å². The number of nitrogens with two attached hydrogens (primary N) is 1. The van der Waals surface area contributed by atoms with Crippen molar-refractivity contribution in [2.24, 2.45) is 5.73 Å². The van der Waals surface area contributed by atoms with Crippen molar-refractivity contribution in [3.8, 4) is 0 Å². The molecular formula is C14H19N3O2. The van der Waals surface area contributed by atoms with Gasteiger partial charge in [0.2, 0.25) is 5.91 Å². The second kappa shape index (κ2) is 5.84. The predicted molar refractivity (Wildman–Crippen MR) is 73.9 cm³/mol. The van der Waals surface area contributed by atoms with E-state index in [1.165, 1.54) is 6.92 Å². The zero-order valence-corrected chi connectivity index (χ0v) is 11.1. The summed E-state index contributed by atoms with van der Waals surface area (Å²) >= 11 is 0. The summed E-state index contributed by atoms with van der Waals surface area (Å²) in [5.41, 5.74) is 7.01. The van der Waals surface area contributed by atoms with Crippen LogP contribution in [0.2, 0.25) is 0 Å². The van der Waals surface area contributed by atoms with Crippen molar-refractivity contribution < 1.29 is 9.59 Å². The Hall–Kier alpha value is -1.88. The SMILES string of the molecule is CC(=O)Nc1ccc(C(=O)N2CCCC2CN)cc1. The smallest absolute Gasteiger partial charge is 0.254 e. The molecule has 5 nitrogen and oxygen atoms in total. The molecule has 2 amide bonds. The van der Waals surface area contributed by atoms with Gasteiger partial charge in [0.15, 0.2) is 0 Å². The lowest BCUT2D eigenvalue weighted by atomic mass is 10.1.